The van der Waals surface area contributed by atoms with Gasteiger partial charge in [-0.05, 0) is 95.5 Å². The van der Waals surface area contributed by atoms with Crippen molar-refractivity contribution in [2.24, 2.45) is 0 Å². The van der Waals surface area contributed by atoms with Crippen molar-refractivity contribution in [1.29, 1.82) is 0 Å². The third kappa shape index (κ3) is 5.56. The molecule has 13 rings (SSSR count). The van der Waals surface area contributed by atoms with Crippen LogP contribution in [0, 0.1) is 0 Å². The molecular formula is C60H37N3O. The second-order valence-electron chi connectivity index (χ2n) is 15.7. The molecule has 0 saturated carbocycles. The molecule has 0 amide bonds. The Morgan fingerprint density at radius 1 is 0.391 bits per heavy atom. The van der Waals surface area contributed by atoms with Gasteiger partial charge in [0.2, 0.25) is 0 Å². The molecule has 0 fully saturated rings. The van der Waals surface area contributed by atoms with E-state index in [0.717, 1.165) is 33.1 Å². The molecule has 0 spiro atoms. The van der Waals surface area contributed by atoms with E-state index < -0.39 is 30.2 Å². The maximum absolute atomic E-state index is 10.2. The third-order valence-electron chi connectivity index (χ3n) is 12.2. The Hall–Kier alpha value is -8.60. The van der Waals surface area contributed by atoms with E-state index in [2.05, 4.69) is 20.6 Å². The number of nitrogens with zero attached hydrogens (tertiary/aromatic N) is 3. The number of aromatic nitrogens is 3. The van der Waals surface area contributed by atoms with Crippen molar-refractivity contribution in [3.8, 4) is 61.5 Å². The zero-order valence-corrected chi connectivity index (χ0v) is 33.8. The summed E-state index contributed by atoms with van der Waals surface area (Å²) in [6.07, 6.45) is 4.96. The minimum absolute atomic E-state index is 0.0602. The Labute approximate surface area is 384 Å². The average molecular weight is 827 g/mol. The number of hydrogen-bond donors (Lipinski definition) is 0. The molecule has 13 aromatic rings. The minimum atomic E-state index is -0.494. The van der Waals surface area contributed by atoms with Gasteiger partial charge < -0.3 is 8.98 Å². The van der Waals surface area contributed by atoms with Gasteiger partial charge in [-0.1, -0.05) is 182 Å². The van der Waals surface area contributed by atoms with Gasteiger partial charge in [0.05, 0.1) is 44.2 Å². The Bertz CT molecular complexity index is 4540. The summed E-state index contributed by atoms with van der Waals surface area (Å²) in [6, 6.07) is 39.4. The largest absolute Gasteiger partial charge is 0.455 e. The Morgan fingerprint density at radius 2 is 0.969 bits per heavy atom. The van der Waals surface area contributed by atoms with Crippen LogP contribution < -0.4 is 0 Å². The fraction of sp³-hybridized carbons (Fsp3) is 0. The molecule has 3 heterocycles. The zero-order chi connectivity index (χ0) is 51.7. The van der Waals surface area contributed by atoms with Crippen LogP contribution in [0.25, 0.3) is 127 Å². The maximum atomic E-state index is 10.2. The molecule has 3 aromatic heterocycles. The standard InChI is InChI=1S/C60H37N3O/c1-2-15-38(16-3-1)39-17-14-18-40(33-39)57-47-22-6-8-24-49(47)58(50-25-9-7-23-48(50)57)51-31-32-52(44-20-5-4-19-43(44)51)59-53-26-11-13-28-56(53)64-60(59)41-29-30-46-45-21-10-12-27-54(45)63(55(46)34-41)42-35-61-37-62-36-42/h1-37H/i1D,2D,3D,4D,5D,15D,16D,19D,20D,31D,32D. The molecule has 0 aliphatic rings. The molecule has 0 atom stereocenters. The number of fused-ring (bicyclic) bond motifs is 7. The average Bonchev–Trinajstić information content (AvgIpc) is 4.00. The van der Waals surface area contributed by atoms with Crippen LogP contribution in [-0.4, -0.2) is 14.5 Å². The molecule has 64 heavy (non-hydrogen) atoms. The number of para-hydroxylation sites is 2. The van der Waals surface area contributed by atoms with Crippen LogP contribution in [0.3, 0.4) is 0 Å². The van der Waals surface area contributed by atoms with E-state index in [1.165, 1.54) is 6.33 Å². The van der Waals surface area contributed by atoms with Crippen molar-refractivity contribution < 1.29 is 19.5 Å². The summed E-state index contributed by atoms with van der Waals surface area (Å²) in [5.41, 5.74) is 6.71. The quantitative estimate of drug-likeness (QED) is 0.157. The lowest BCUT2D eigenvalue weighted by Crippen LogP contribution is -1.95. The van der Waals surface area contributed by atoms with Crippen LogP contribution in [0.15, 0.2) is 229 Å². The molecule has 0 N–H and O–H groups in total. The summed E-state index contributed by atoms with van der Waals surface area (Å²) < 4.78 is 110. The highest BCUT2D eigenvalue weighted by Gasteiger charge is 2.24. The van der Waals surface area contributed by atoms with Crippen LogP contribution >= 0.6 is 0 Å². The fourth-order valence-electron chi connectivity index (χ4n) is 9.54. The normalized spacial score (nSPS) is 14.2. The lowest BCUT2D eigenvalue weighted by Gasteiger charge is -2.20. The van der Waals surface area contributed by atoms with Gasteiger partial charge in [0.25, 0.3) is 0 Å². The highest BCUT2D eigenvalue weighted by Crippen LogP contribution is 2.49. The maximum Gasteiger partial charge on any atom is 0.143 e. The highest BCUT2D eigenvalue weighted by atomic mass is 16.3. The fourth-order valence-corrected chi connectivity index (χ4v) is 9.54. The first-order valence-electron chi connectivity index (χ1n) is 26.3. The zero-order valence-electron chi connectivity index (χ0n) is 44.8. The lowest BCUT2D eigenvalue weighted by atomic mass is 9.83. The van der Waals surface area contributed by atoms with Crippen molar-refractivity contribution in [2.75, 3.05) is 0 Å². The molecule has 0 unspecified atom stereocenters. The molecule has 10 aromatic carbocycles. The van der Waals surface area contributed by atoms with Crippen LogP contribution in [0.1, 0.15) is 15.1 Å². The number of furan rings is 1. The van der Waals surface area contributed by atoms with Gasteiger partial charge in [-0.15, -0.1) is 0 Å². The first-order valence-corrected chi connectivity index (χ1v) is 20.8. The van der Waals surface area contributed by atoms with Gasteiger partial charge in [0, 0.05) is 27.3 Å². The predicted molar refractivity (Wildman–Crippen MR) is 266 cm³/mol. The monoisotopic (exact) mass is 826 g/mol. The van der Waals surface area contributed by atoms with E-state index in [1.807, 2.05) is 115 Å². The molecule has 298 valence electrons. The van der Waals surface area contributed by atoms with Crippen molar-refractivity contribution in [2.45, 2.75) is 0 Å². The van der Waals surface area contributed by atoms with Gasteiger partial charge in [-0.25, -0.2) is 9.97 Å². The van der Waals surface area contributed by atoms with Crippen LogP contribution in [0.4, 0.5) is 0 Å². The second-order valence-corrected chi connectivity index (χ2v) is 15.7. The smallest absolute Gasteiger partial charge is 0.143 e. The van der Waals surface area contributed by atoms with Crippen LogP contribution in [0.5, 0.6) is 0 Å². The van der Waals surface area contributed by atoms with Crippen molar-refractivity contribution >= 4 is 65.1 Å². The summed E-state index contributed by atoms with van der Waals surface area (Å²) in [4.78, 5) is 8.64. The molecule has 0 aliphatic carbocycles. The van der Waals surface area contributed by atoms with E-state index in [0.29, 0.717) is 66.1 Å². The Kier molecular flexibility index (Phi) is 6.05. The SMILES string of the molecule is [2H]c1c([2H])c([2H])c(-c2cccc(-c3c4ccccc4c(-c4c([2H])c([2H])c(-c5c(-c6ccc7c8ccccc8n(-c8cncnc8)c7c6)oc6ccccc56)c5c([2H])c([2H])c([2H])c([2H])c45)c4ccccc34)c2)c([2H])c1[2H]. The first-order chi connectivity index (χ1) is 36.3. The van der Waals surface area contributed by atoms with E-state index in [1.54, 1.807) is 30.6 Å². The topological polar surface area (TPSA) is 43.9 Å². The van der Waals surface area contributed by atoms with Crippen molar-refractivity contribution in [3.05, 3.63) is 225 Å². The number of rotatable bonds is 6. The Morgan fingerprint density at radius 3 is 1.69 bits per heavy atom. The summed E-state index contributed by atoms with van der Waals surface area (Å²) in [5, 5.41) is 5.38. The van der Waals surface area contributed by atoms with Crippen LogP contribution in [0.2, 0.25) is 0 Å². The summed E-state index contributed by atoms with van der Waals surface area (Å²) >= 11 is 0. The number of hydrogen-bond acceptors (Lipinski definition) is 3. The van der Waals surface area contributed by atoms with Crippen LogP contribution in [-0.2, 0) is 0 Å². The molecule has 4 heteroatoms. The molecule has 0 radical (unpaired) electrons. The molecule has 0 aliphatic heterocycles. The first kappa shape index (κ1) is 26.7. The van der Waals surface area contributed by atoms with Gasteiger partial charge in [-0.3, -0.25) is 0 Å². The van der Waals surface area contributed by atoms with Gasteiger partial charge in [0.1, 0.15) is 17.7 Å². The molecule has 4 nitrogen and oxygen atoms in total. The van der Waals surface area contributed by atoms with Gasteiger partial charge >= 0.3 is 0 Å². The van der Waals surface area contributed by atoms with Gasteiger partial charge in [0.15, 0.2) is 0 Å². The Balaban J connectivity index is 1.11. The van der Waals surface area contributed by atoms with E-state index in [-0.39, 0.29) is 63.7 Å². The predicted octanol–water partition coefficient (Wildman–Crippen LogP) is 16.1. The summed E-state index contributed by atoms with van der Waals surface area (Å²) in [5.74, 6) is 0.347. The summed E-state index contributed by atoms with van der Waals surface area (Å²) in [6.45, 7) is 0. The highest BCUT2D eigenvalue weighted by molar-refractivity contribution is 6.25. The lowest BCUT2D eigenvalue weighted by molar-refractivity contribution is 0.632. The molecule has 0 bridgehead atoms. The minimum Gasteiger partial charge on any atom is -0.455 e. The molecule has 0 saturated heterocycles. The third-order valence-corrected chi connectivity index (χ3v) is 12.2. The molecular weight excluding hydrogens is 779 g/mol. The summed E-state index contributed by atoms with van der Waals surface area (Å²) in [7, 11) is 0. The van der Waals surface area contributed by atoms with E-state index in [9.17, 15) is 5.48 Å². The van der Waals surface area contributed by atoms with Crippen molar-refractivity contribution in [3.63, 3.8) is 0 Å². The number of benzene rings is 10. The van der Waals surface area contributed by atoms with Crippen molar-refractivity contribution in [1.82, 2.24) is 14.5 Å². The van der Waals surface area contributed by atoms with E-state index >= 15 is 0 Å². The van der Waals surface area contributed by atoms with E-state index in [4.69, 9.17) is 14.0 Å². The second kappa shape index (κ2) is 14.5. The van der Waals surface area contributed by atoms with Gasteiger partial charge in [-0.2, -0.15) is 0 Å².